The van der Waals surface area contributed by atoms with E-state index >= 15 is 0 Å². The Balaban J connectivity index is 2.31. The third-order valence-corrected chi connectivity index (χ3v) is 2.22. The number of ether oxygens (including phenoxy) is 1. The molecule has 0 bridgehead atoms. The van der Waals surface area contributed by atoms with Crippen molar-refractivity contribution in [1.29, 1.82) is 0 Å². The van der Waals surface area contributed by atoms with E-state index < -0.39 is 0 Å². The molecule has 0 saturated carbocycles. The van der Waals surface area contributed by atoms with Crippen LogP contribution in [0.2, 0.25) is 0 Å². The fraction of sp³-hybridized carbons (Fsp3) is 0.250. The quantitative estimate of drug-likeness (QED) is 0.719. The highest BCUT2D eigenvalue weighted by Crippen LogP contribution is 2.20. The SMILES string of the molecule is CCOCC(=O)c1coc2ccccc12. The molecule has 0 spiro atoms. The molecule has 0 saturated heterocycles. The lowest BCUT2D eigenvalue weighted by Crippen LogP contribution is -2.08. The van der Waals surface area contributed by atoms with E-state index in [1.807, 2.05) is 31.2 Å². The average molecular weight is 204 g/mol. The molecule has 0 aliphatic heterocycles. The zero-order chi connectivity index (χ0) is 10.7. The van der Waals surface area contributed by atoms with Gasteiger partial charge in [-0.1, -0.05) is 18.2 Å². The molecule has 0 amide bonds. The smallest absolute Gasteiger partial charge is 0.192 e. The third-order valence-electron chi connectivity index (χ3n) is 2.22. The van der Waals surface area contributed by atoms with E-state index in [-0.39, 0.29) is 12.4 Å². The van der Waals surface area contributed by atoms with Gasteiger partial charge in [0.25, 0.3) is 0 Å². The van der Waals surface area contributed by atoms with Crippen molar-refractivity contribution in [2.45, 2.75) is 6.92 Å². The maximum absolute atomic E-state index is 11.7. The first-order chi connectivity index (χ1) is 7.33. The molecule has 0 fully saturated rings. The molecule has 3 heteroatoms. The Hall–Kier alpha value is -1.61. The predicted molar refractivity (Wildman–Crippen MR) is 57.0 cm³/mol. The summed E-state index contributed by atoms with van der Waals surface area (Å²) in [6, 6.07) is 7.47. The molecule has 0 unspecified atom stereocenters. The minimum absolute atomic E-state index is 0.0400. The summed E-state index contributed by atoms with van der Waals surface area (Å²) in [5.74, 6) is -0.0400. The van der Waals surface area contributed by atoms with Crippen LogP contribution in [0.1, 0.15) is 17.3 Å². The van der Waals surface area contributed by atoms with Crippen molar-refractivity contribution in [2.24, 2.45) is 0 Å². The van der Waals surface area contributed by atoms with Gasteiger partial charge >= 0.3 is 0 Å². The zero-order valence-electron chi connectivity index (χ0n) is 8.53. The van der Waals surface area contributed by atoms with Gasteiger partial charge in [0.1, 0.15) is 18.5 Å². The molecule has 0 aliphatic rings. The van der Waals surface area contributed by atoms with Gasteiger partial charge < -0.3 is 9.15 Å². The summed E-state index contributed by atoms with van der Waals surface area (Å²) in [5, 5.41) is 0.849. The first kappa shape index (κ1) is 9.93. The normalized spacial score (nSPS) is 10.7. The molecule has 78 valence electrons. The van der Waals surface area contributed by atoms with Crippen LogP contribution in [0, 0.1) is 0 Å². The lowest BCUT2D eigenvalue weighted by molar-refractivity contribution is 0.0784. The second kappa shape index (κ2) is 4.28. The first-order valence-corrected chi connectivity index (χ1v) is 4.90. The Morgan fingerprint density at radius 3 is 3.00 bits per heavy atom. The Labute approximate surface area is 87.6 Å². The van der Waals surface area contributed by atoms with Gasteiger partial charge in [0.2, 0.25) is 0 Å². The number of fused-ring (bicyclic) bond motifs is 1. The van der Waals surface area contributed by atoms with Crippen molar-refractivity contribution in [1.82, 2.24) is 0 Å². The number of furan rings is 1. The molecule has 2 aromatic rings. The number of para-hydroxylation sites is 1. The summed E-state index contributed by atoms with van der Waals surface area (Å²) < 4.78 is 10.4. The molecular formula is C12H12O3. The van der Waals surface area contributed by atoms with E-state index in [1.54, 1.807) is 0 Å². The molecule has 1 aromatic carbocycles. The molecule has 2 rings (SSSR count). The number of carbonyl (C=O) groups excluding carboxylic acids is 1. The molecule has 0 aliphatic carbocycles. The fourth-order valence-electron chi connectivity index (χ4n) is 1.47. The first-order valence-electron chi connectivity index (χ1n) is 4.90. The summed E-state index contributed by atoms with van der Waals surface area (Å²) in [6.45, 7) is 2.52. The van der Waals surface area contributed by atoms with Gasteiger partial charge in [-0.25, -0.2) is 0 Å². The standard InChI is InChI=1S/C12H12O3/c1-2-14-8-11(13)10-7-15-12-6-4-3-5-9(10)12/h3-7H,2,8H2,1H3. The third kappa shape index (κ3) is 1.92. The van der Waals surface area contributed by atoms with Gasteiger partial charge in [-0.15, -0.1) is 0 Å². The molecule has 3 nitrogen and oxygen atoms in total. The summed E-state index contributed by atoms with van der Waals surface area (Å²) >= 11 is 0. The summed E-state index contributed by atoms with van der Waals surface area (Å²) in [4.78, 5) is 11.7. The van der Waals surface area contributed by atoms with Crippen molar-refractivity contribution in [3.8, 4) is 0 Å². The van der Waals surface area contributed by atoms with E-state index in [1.165, 1.54) is 6.26 Å². The van der Waals surface area contributed by atoms with Crippen molar-refractivity contribution < 1.29 is 13.9 Å². The molecular weight excluding hydrogens is 192 g/mol. The monoisotopic (exact) mass is 204 g/mol. The number of hydrogen-bond acceptors (Lipinski definition) is 3. The largest absolute Gasteiger partial charge is 0.464 e. The van der Waals surface area contributed by atoms with E-state index in [0.717, 1.165) is 11.0 Å². The Morgan fingerprint density at radius 2 is 2.20 bits per heavy atom. The minimum Gasteiger partial charge on any atom is -0.464 e. The van der Waals surface area contributed by atoms with Gasteiger partial charge in [-0.2, -0.15) is 0 Å². The van der Waals surface area contributed by atoms with Crippen LogP contribution in [-0.4, -0.2) is 19.0 Å². The lowest BCUT2D eigenvalue weighted by atomic mass is 10.1. The van der Waals surface area contributed by atoms with Crippen molar-refractivity contribution in [3.05, 3.63) is 36.1 Å². The lowest BCUT2D eigenvalue weighted by Gasteiger charge is -1.98. The van der Waals surface area contributed by atoms with E-state index in [2.05, 4.69) is 0 Å². The topological polar surface area (TPSA) is 39.4 Å². The predicted octanol–water partition coefficient (Wildman–Crippen LogP) is 2.65. The van der Waals surface area contributed by atoms with Gasteiger partial charge in [0.05, 0.1) is 5.56 Å². The number of benzene rings is 1. The molecule has 15 heavy (non-hydrogen) atoms. The van der Waals surface area contributed by atoms with Crippen LogP contribution in [-0.2, 0) is 4.74 Å². The number of Topliss-reactive ketones (excluding diaryl/α,β-unsaturated/α-hetero) is 1. The number of rotatable bonds is 4. The fourth-order valence-corrected chi connectivity index (χ4v) is 1.47. The highest BCUT2D eigenvalue weighted by Gasteiger charge is 2.12. The average Bonchev–Trinajstić information content (AvgIpc) is 2.69. The zero-order valence-corrected chi connectivity index (χ0v) is 8.53. The highest BCUT2D eigenvalue weighted by atomic mass is 16.5. The van der Waals surface area contributed by atoms with Gasteiger partial charge in [0, 0.05) is 12.0 Å². The summed E-state index contributed by atoms with van der Waals surface area (Å²) in [7, 11) is 0. The second-order valence-corrected chi connectivity index (χ2v) is 3.21. The second-order valence-electron chi connectivity index (χ2n) is 3.21. The van der Waals surface area contributed by atoms with E-state index in [4.69, 9.17) is 9.15 Å². The van der Waals surface area contributed by atoms with Crippen LogP contribution in [0.15, 0.2) is 34.9 Å². The maximum atomic E-state index is 11.7. The van der Waals surface area contributed by atoms with E-state index in [9.17, 15) is 4.79 Å². The number of hydrogen-bond donors (Lipinski definition) is 0. The van der Waals surface area contributed by atoms with Crippen LogP contribution in [0.25, 0.3) is 11.0 Å². The van der Waals surface area contributed by atoms with Crippen molar-refractivity contribution >= 4 is 16.8 Å². The van der Waals surface area contributed by atoms with Crippen LogP contribution < -0.4 is 0 Å². The molecule has 1 aromatic heterocycles. The summed E-state index contributed by atoms with van der Waals surface area (Å²) in [5.41, 5.74) is 1.33. The summed E-state index contributed by atoms with van der Waals surface area (Å²) in [6.07, 6.45) is 1.49. The Morgan fingerprint density at radius 1 is 1.40 bits per heavy atom. The maximum Gasteiger partial charge on any atom is 0.192 e. The van der Waals surface area contributed by atoms with Crippen molar-refractivity contribution in [3.63, 3.8) is 0 Å². The van der Waals surface area contributed by atoms with Crippen LogP contribution in [0.5, 0.6) is 0 Å². The minimum atomic E-state index is -0.0400. The number of carbonyl (C=O) groups is 1. The molecule has 0 radical (unpaired) electrons. The van der Waals surface area contributed by atoms with Gasteiger partial charge in [-0.05, 0) is 13.0 Å². The van der Waals surface area contributed by atoms with Crippen LogP contribution in [0.4, 0.5) is 0 Å². The van der Waals surface area contributed by atoms with Crippen LogP contribution >= 0.6 is 0 Å². The van der Waals surface area contributed by atoms with E-state index in [0.29, 0.717) is 12.2 Å². The van der Waals surface area contributed by atoms with Gasteiger partial charge in [0.15, 0.2) is 5.78 Å². The molecule has 0 N–H and O–H groups in total. The highest BCUT2D eigenvalue weighted by molar-refractivity contribution is 6.07. The Bertz CT molecular complexity index is 470. The van der Waals surface area contributed by atoms with Crippen LogP contribution in [0.3, 0.4) is 0 Å². The Kier molecular flexibility index (Phi) is 2.83. The number of ketones is 1. The van der Waals surface area contributed by atoms with Gasteiger partial charge in [-0.3, -0.25) is 4.79 Å². The molecule has 1 heterocycles. The van der Waals surface area contributed by atoms with Crippen molar-refractivity contribution in [2.75, 3.05) is 13.2 Å². The molecule has 0 atom stereocenters.